The van der Waals surface area contributed by atoms with Crippen LogP contribution in [0.1, 0.15) is 36.3 Å². The van der Waals surface area contributed by atoms with Crippen LogP contribution in [0.15, 0.2) is 48.1 Å². The molecule has 1 saturated carbocycles. The molecule has 1 N–H and O–H groups in total. The number of pyridine rings is 1. The van der Waals surface area contributed by atoms with Gasteiger partial charge in [-0.1, -0.05) is 18.9 Å². The summed E-state index contributed by atoms with van der Waals surface area (Å²) in [5, 5.41) is 6.06. The van der Waals surface area contributed by atoms with Crippen molar-refractivity contribution in [1.82, 2.24) is 15.3 Å². The van der Waals surface area contributed by atoms with E-state index in [0.29, 0.717) is 19.8 Å². The van der Waals surface area contributed by atoms with Gasteiger partial charge in [0, 0.05) is 23.3 Å². The fourth-order valence-electron chi connectivity index (χ4n) is 4.34. The van der Waals surface area contributed by atoms with Gasteiger partial charge >= 0.3 is 0 Å². The van der Waals surface area contributed by atoms with Crippen LogP contribution in [-0.2, 0) is 16.8 Å². The van der Waals surface area contributed by atoms with Gasteiger partial charge in [-0.05, 0) is 42.7 Å². The fourth-order valence-corrected chi connectivity index (χ4v) is 5.08. The third-order valence-corrected chi connectivity index (χ3v) is 6.76. The summed E-state index contributed by atoms with van der Waals surface area (Å²) in [6.45, 7) is 1.54. The van der Waals surface area contributed by atoms with Crippen molar-refractivity contribution in [2.45, 2.75) is 37.6 Å². The number of aromatic nitrogens is 2. The van der Waals surface area contributed by atoms with Crippen LogP contribution < -0.4 is 14.8 Å². The van der Waals surface area contributed by atoms with Crippen LogP contribution in [0, 0.1) is 0 Å². The molecule has 2 aromatic heterocycles. The lowest BCUT2D eigenvalue weighted by atomic mass is 9.77. The molecule has 1 aliphatic heterocycles. The van der Waals surface area contributed by atoms with Gasteiger partial charge in [0.2, 0.25) is 5.91 Å². The van der Waals surface area contributed by atoms with Crippen molar-refractivity contribution < 1.29 is 14.3 Å². The first kappa shape index (κ1) is 19.1. The summed E-state index contributed by atoms with van der Waals surface area (Å²) >= 11 is 1.56. The van der Waals surface area contributed by atoms with E-state index in [9.17, 15) is 4.79 Å². The SMILES string of the molecule is O=C(NCc1nc(-c2ccncc2)cs1)C1(c2ccc3c(c2)OCCO3)CCCC1. The summed E-state index contributed by atoms with van der Waals surface area (Å²) in [7, 11) is 0. The maximum atomic E-state index is 13.4. The van der Waals surface area contributed by atoms with E-state index in [1.54, 1.807) is 23.7 Å². The standard InChI is InChI=1S/C23H23N3O3S/c27-22(25-14-21-26-18(15-30-21)16-5-9-24-10-6-16)23(7-1-2-8-23)17-3-4-19-20(13-17)29-12-11-28-19/h3-6,9-10,13,15H,1-2,7-8,11-12,14H2,(H,25,27). The van der Waals surface area contributed by atoms with Gasteiger partial charge in [0.05, 0.1) is 17.7 Å². The number of rotatable bonds is 5. The molecule has 6 nitrogen and oxygen atoms in total. The third kappa shape index (κ3) is 3.54. The molecule has 2 aliphatic rings. The summed E-state index contributed by atoms with van der Waals surface area (Å²) in [6.07, 6.45) is 7.30. The van der Waals surface area contributed by atoms with E-state index >= 15 is 0 Å². The summed E-state index contributed by atoms with van der Waals surface area (Å²) in [5.41, 5.74) is 2.44. The Kier molecular flexibility index (Phi) is 5.12. The Hall–Kier alpha value is -2.93. The predicted octanol–water partition coefficient (Wildman–Crippen LogP) is 4.10. The number of benzene rings is 1. The number of fused-ring (bicyclic) bond motifs is 1. The highest BCUT2D eigenvalue weighted by Crippen LogP contribution is 2.44. The number of nitrogens with one attached hydrogen (secondary N) is 1. The molecule has 0 atom stereocenters. The Morgan fingerprint density at radius 2 is 1.83 bits per heavy atom. The maximum absolute atomic E-state index is 13.4. The van der Waals surface area contributed by atoms with E-state index in [4.69, 9.17) is 9.47 Å². The average Bonchev–Trinajstić information content (AvgIpc) is 3.48. The fraction of sp³-hybridized carbons (Fsp3) is 0.348. The molecule has 0 saturated heterocycles. The number of ether oxygens (including phenoxy) is 2. The van der Waals surface area contributed by atoms with Crippen molar-refractivity contribution in [3.63, 3.8) is 0 Å². The van der Waals surface area contributed by atoms with Crippen molar-refractivity contribution in [3.05, 3.63) is 58.7 Å². The second-order valence-electron chi connectivity index (χ2n) is 7.69. The summed E-state index contributed by atoms with van der Waals surface area (Å²) in [4.78, 5) is 22.1. The topological polar surface area (TPSA) is 73.3 Å². The molecule has 7 heteroatoms. The van der Waals surface area contributed by atoms with Crippen molar-refractivity contribution in [2.24, 2.45) is 0 Å². The molecule has 30 heavy (non-hydrogen) atoms. The summed E-state index contributed by atoms with van der Waals surface area (Å²) < 4.78 is 11.4. The first-order valence-corrected chi connectivity index (χ1v) is 11.2. The second-order valence-corrected chi connectivity index (χ2v) is 8.64. The Morgan fingerprint density at radius 1 is 1.07 bits per heavy atom. The van der Waals surface area contributed by atoms with Gasteiger partial charge in [-0.2, -0.15) is 0 Å². The molecule has 0 spiro atoms. The number of hydrogen-bond donors (Lipinski definition) is 1. The van der Waals surface area contributed by atoms with Crippen LogP contribution in [0.3, 0.4) is 0 Å². The lowest BCUT2D eigenvalue weighted by molar-refractivity contribution is -0.126. The quantitative estimate of drug-likeness (QED) is 0.671. The Balaban J connectivity index is 1.33. The highest BCUT2D eigenvalue weighted by molar-refractivity contribution is 7.09. The van der Waals surface area contributed by atoms with Gasteiger partial charge in [-0.15, -0.1) is 11.3 Å². The lowest BCUT2D eigenvalue weighted by Crippen LogP contribution is -2.42. The van der Waals surface area contributed by atoms with Gasteiger partial charge in [0.1, 0.15) is 18.2 Å². The highest BCUT2D eigenvalue weighted by atomic mass is 32.1. The number of carbonyl (C=O) groups excluding carboxylic acids is 1. The molecule has 1 aliphatic carbocycles. The maximum Gasteiger partial charge on any atom is 0.231 e. The molecule has 1 amide bonds. The minimum Gasteiger partial charge on any atom is -0.486 e. The van der Waals surface area contributed by atoms with E-state index in [1.807, 2.05) is 35.7 Å². The van der Waals surface area contributed by atoms with Crippen molar-refractivity contribution in [3.8, 4) is 22.8 Å². The summed E-state index contributed by atoms with van der Waals surface area (Å²) in [5.74, 6) is 1.56. The smallest absolute Gasteiger partial charge is 0.231 e. The van der Waals surface area contributed by atoms with Crippen molar-refractivity contribution in [2.75, 3.05) is 13.2 Å². The minimum atomic E-state index is -0.513. The molecule has 0 radical (unpaired) electrons. The van der Waals surface area contributed by atoms with E-state index in [0.717, 1.165) is 59.0 Å². The zero-order valence-corrected chi connectivity index (χ0v) is 17.4. The van der Waals surface area contributed by atoms with Crippen LogP contribution in [0.25, 0.3) is 11.3 Å². The normalized spacial score (nSPS) is 16.9. The van der Waals surface area contributed by atoms with Crippen LogP contribution >= 0.6 is 11.3 Å². The molecule has 3 aromatic rings. The lowest BCUT2D eigenvalue weighted by Gasteiger charge is -2.29. The number of carbonyl (C=O) groups is 1. The van der Waals surface area contributed by atoms with E-state index in [1.165, 1.54) is 0 Å². The minimum absolute atomic E-state index is 0.0670. The predicted molar refractivity (Wildman–Crippen MR) is 115 cm³/mol. The van der Waals surface area contributed by atoms with Crippen LogP contribution in [0.5, 0.6) is 11.5 Å². The van der Waals surface area contributed by atoms with Gasteiger partial charge < -0.3 is 14.8 Å². The molecular weight excluding hydrogens is 398 g/mol. The first-order chi connectivity index (χ1) is 14.7. The Morgan fingerprint density at radius 3 is 2.63 bits per heavy atom. The second kappa shape index (κ2) is 8.07. The van der Waals surface area contributed by atoms with Gasteiger partial charge in [0.25, 0.3) is 0 Å². The highest BCUT2D eigenvalue weighted by Gasteiger charge is 2.43. The number of hydrogen-bond acceptors (Lipinski definition) is 6. The molecule has 3 heterocycles. The van der Waals surface area contributed by atoms with Crippen LogP contribution in [-0.4, -0.2) is 29.1 Å². The largest absolute Gasteiger partial charge is 0.486 e. The van der Waals surface area contributed by atoms with E-state index in [2.05, 4.69) is 15.3 Å². The van der Waals surface area contributed by atoms with Crippen molar-refractivity contribution >= 4 is 17.2 Å². The summed E-state index contributed by atoms with van der Waals surface area (Å²) in [6, 6.07) is 9.81. The number of nitrogens with zero attached hydrogens (tertiary/aromatic N) is 2. The molecule has 0 unspecified atom stereocenters. The first-order valence-electron chi connectivity index (χ1n) is 10.3. The molecule has 0 bridgehead atoms. The molecule has 1 aromatic carbocycles. The van der Waals surface area contributed by atoms with Gasteiger partial charge in [0.15, 0.2) is 11.5 Å². The van der Waals surface area contributed by atoms with Crippen molar-refractivity contribution in [1.29, 1.82) is 0 Å². The molecule has 1 fully saturated rings. The van der Waals surface area contributed by atoms with Gasteiger partial charge in [-0.25, -0.2) is 4.98 Å². The average molecular weight is 422 g/mol. The number of amides is 1. The molecule has 5 rings (SSSR count). The van der Waals surface area contributed by atoms with E-state index < -0.39 is 5.41 Å². The Bertz CT molecular complexity index is 1040. The van der Waals surface area contributed by atoms with Crippen LogP contribution in [0.4, 0.5) is 0 Å². The van der Waals surface area contributed by atoms with Crippen LogP contribution in [0.2, 0.25) is 0 Å². The molecular formula is C23H23N3O3S. The van der Waals surface area contributed by atoms with E-state index in [-0.39, 0.29) is 5.91 Å². The molecule has 154 valence electrons. The third-order valence-electron chi connectivity index (χ3n) is 5.91. The zero-order valence-electron chi connectivity index (χ0n) is 16.6. The van der Waals surface area contributed by atoms with Gasteiger partial charge in [-0.3, -0.25) is 9.78 Å². The Labute approximate surface area is 179 Å². The monoisotopic (exact) mass is 421 g/mol. The zero-order chi connectivity index (χ0) is 20.4. The number of thiazole rings is 1.